The van der Waals surface area contributed by atoms with Gasteiger partial charge in [-0.15, -0.1) is 0 Å². The van der Waals surface area contributed by atoms with Gasteiger partial charge < -0.3 is 20.9 Å². The number of carbonyl (C=O) groups excluding carboxylic acids is 3. The van der Waals surface area contributed by atoms with E-state index in [0.29, 0.717) is 29.6 Å². The molecule has 0 radical (unpaired) electrons. The molecule has 0 aromatic heterocycles. The zero-order chi connectivity index (χ0) is 31.5. The summed E-state index contributed by atoms with van der Waals surface area (Å²) in [5.41, 5.74) is 3.25. The minimum Gasteiger partial charge on any atom is -0.385 e. The highest BCUT2D eigenvalue weighted by atomic mass is 16.2. The van der Waals surface area contributed by atoms with E-state index < -0.39 is 6.04 Å². The lowest BCUT2D eigenvalue weighted by molar-refractivity contribution is -0.136. The van der Waals surface area contributed by atoms with Crippen molar-refractivity contribution in [1.29, 1.82) is 0 Å². The molecular formula is C37H50N4O3. The maximum Gasteiger partial charge on any atom is 0.252 e. The van der Waals surface area contributed by atoms with Gasteiger partial charge >= 0.3 is 0 Å². The molecule has 44 heavy (non-hydrogen) atoms. The topological polar surface area (TPSA) is 90.5 Å². The van der Waals surface area contributed by atoms with Gasteiger partial charge in [0.15, 0.2) is 0 Å². The first kappa shape index (κ1) is 33.0. The quantitative estimate of drug-likeness (QED) is 0.224. The van der Waals surface area contributed by atoms with Crippen LogP contribution in [0.25, 0.3) is 0 Å². The molecule has 2 heterocycles. The van der Waals surface area contributed by atoms with Gasteiger partial charge in [0.2, 0.25) is 11.8 Å². The second-order valence-corrected chi connectivity index (χ2v) is 13.4. The second-order valence-electron chi connectivity index (χ2n) is 13.4. The van der Waals surface area contributed by atoms with E-state index in [9.17, 15) is 14.4 Å². The number of piperidine rings is 1. The molecule has 1 fully saturated rings. The summed E-state index contributed by atoms with van der Waals surface area (Å²) in [6, 6.07) is 15.7. The minimum atomic E-state index is -0.830. The number of amides is 3. The smallest absolute Gasteiger partial charge is 0.252 e. The monoisotopic (exact) mass is 598 g/mol. The van der Waals surface area contributed by atoms with Gasteiger partial charge in [0, 0.05) is 30.3 Å². The van der Waals surface area contributed by atoms with Crippen molar-refractivity contribution in [3.8, 4) is 0 Å². The standard InChI is InChI=1S/C37H50N4O3/c1-27-31(20-15-24-38-27)32-21-11-13-25-41(32)36(44)34(28-16-8-7-9-17-28)40-35(43)29-18-14-19-30(26-29)39-33(42)22-10-5-6-12-23-37(2,3)4/h7-9,14-20,24,26-27,32,34,38H,5-6,10-13,21-23,25H2,1-4H3,(H,39,42)(H,40,43)/t27?,32-,34+/m1/s1. The Balaban J connectivity index is 1.42. The van der Waals surface area contributed by atoms with Gasteiger partial charge in [-0.1, -0.05) is 82.5 Å². The normalized spacial score (nSPS) is 19.0. The van der Waals surface area contributed by atoms with Crippen molar-refractivity contribution in [3.05, 3.63) is 89.6 Å². The van der Waals surface area contributed by atoms with Crippen LogP contribution in [0, 0.1) is 5.41 Å². The Labute approximate surface area is 263 Å². The van der Waals surface area contributed by atoms with Crippen molar-refractivity contribution in [1.82, 2.24) is 15.5 Å². The summed E-state index contributed by atoms with van der Waals surface area (Å²) in [6.45, 7) is 9.53. The number of nitrogens with zero attached hydrogens (tertiary/aromatic N) is 1. The van der Waals surface area contributed by atoms with E-state index in [1.165, 1.54) is 18.4 Å². The molecule has 3 N–H and O–H groups in total. The number of hydrogen-bond donors (Lipinski definition) is 3. The molecule has 236 valence electrons. The van der Waals surface area contributed by atoms with Crippen molar-refractivity contribution < 1.29 is 14.4 Å². The lowest BCUT2D eigenvalue weighted by Crippen LogP contribution is -2.52. The summed E-state index contributed by atoms with van der Waals surface area (Å²) in [5.74, 6) is -0.517. The number of hydrogen-bond acceptors (Lipinski definition) is 4. The van der Waals surface area contributed by atoms with Crippen molar-refractivity contribution in [2.75, 3.05) is 11.9 Å². The summed E-state index contributed by atoms with van der Waals surface area (Å²) in [4.78, 5) is 42.4. The molecule has 1 unspecified atom stereocenters. The molecule has 2 aliphatic rings. The number of anilines is 1. The number of likely N-dealkylation sites (tertiary alicyclic amines) is 1. The molecule has 3 amide bonds. The maximum atomic E-state index is 14.2. The van der Waals surface area contributed by atoms with Crippen LogP contribution >= 0.6 is 0 Å². The highest BCUT2D eigenvalue weighted by molar-refractivity contribution is 5.99. The molecule has 2 aromatic rings. The summed E-state index contributed by atoms with van der Waals surface area (Å²) >= 11 is 0. The fraction of sp³-hybridized carbons (Fsp3) is 0.486. The molecule has 0 aliphatic carbocycles. The number of allylic oxidation sites excluding steroid dienone is 2. The van der Waals surface area contributed by atoms with Gasteiger partial charge in [-0.25, -0.2) is 0 Å². The first-order chi connectivity index (χ1) is 21.1. The van der Waals surface area contributed by atoms with Crippen LogP contribution in [0.15, 0.2) is 78.5 Å². The van der Waals surface area contributed by atoms with Crippen molar-refractivity contribution >= 4 is 23.4 Å². The number of benzene rings is 2. The number of unbranched alkanes of at least 4 members (excludes halogenated alkanes) is 3. The fourth-order valence-electron chi connectivity index (χ4n) is 6.11. The van der Waals surface area contributed by atoms with E-state index in [-0.39, 0.29) is 29.8 Å². The van der Waals surface area contributed by atoms with Crippen LogP contribution in [-0.4, -0.2) is 41.2 Å². The van der Waals surface area contributed by atoms with E-state index in [0.717, 1.165) is 44.1 Å². The summed E-state index contributed by atoms with van der Waals surface area (Å²) < 4.78 is 0. The van der Waals surface area contributed by atoms with Gasteiger partial charge in [0.1, 0.15) is 6.04 Å². The molecule has 2 aromatic carbocycles. The zero-order valence-electron chi connectivity index (χ0n) is 26.9. The maximum absolute atomic E-state index is 14.2. The molecule has 0 saturated carbocycles. The third kappa shape index (κ3) is 9.57. The zero-order valence-corrected chi connectivity index (χ0v) is 26.9. The van der Waals surface area contributed by atoms with Gasteiger partial charge in [-0.05, 0) is 86.1 Å². The third-order valence-corrected chi connectivity index (χ3v) is 8.55. The second kappa shape index (κ2) is 15.7. The van der Waals surface area contributed by atoms with Crippen molar-refractivity contribution in [2.24, 2.45) is 5.41 Å². The molecular weight excluding hydrogens is 548 g/mol. The number of dihydropyridines is 1. The molecule has 4 rings (SSSR count). The van der Waals surface area contributed by atoms with E-state index in [4.69, 9.17) is 0 Å². The van der Waals surface area contributed by atoms with E-state index in [1.807, 2.05) is 47.5 Å². The SMILES string of the molecule is CC1NC=CC=C1[C@H]1CCCCN1C(=O)[C@@H](NC(=O)c1cccc(NC(=O)CCCCCCC(C)(C)C)c1)c1ccccc1. The van der Waals surface area contributed by atoms with Gasteiger partial charge in [-0.2, -0.15) is 0 Å². The van der Waals surface area contributed by atoms with E-state index in [1.54, 1.807) is 24.3 Å². The third-order valence-electron chi connectivity index (χ3n) is 8.55. The van der Waals surface area contributed by atoms with E-state index >= 15 is 0 Å². The van der Waals surface area contributed by atoms with Gasteiger partial charge in [0.05, 0.1) is 6.04 Å². The first-order valence-electron chi connectivity index (χ1n) is 16.3. The average Bonchev–Trinajstić information content (AvgIpc) is 3.01. The fourth-order valence-corrected chi connectivity index (χ4v) is 6.11. The Morgan fingerprint density at radius 2 is 1.75 bits per heavy atom. The van der Waals surface area contributed by atoms with Crippen LogP contribution in [0.1, 0.15) is 107 Å². The van der Waals surface area contributed by atoms with Gasteiger partial charge in [0.25, 0.3) is 5.91 Å². The molecule has 3 atom stereocenters. The Morgan fingerprint density at radius 3 is 2.50 bits per heavy atom. The lowest BCUT2D eigenvalue weighted by atomic mass is 9.89. The molecule has 7 nitrogen and oxygen atoms in total. The van der Waals surface area contributed by atoms with Crippen LogP contribution in [0.4, 0.5) is 5.69 Å². The number of rotatable bonds is 12. The molecule has 0 bridgehead atoms. The summed E-state index contributed by atoms with van der Waals surface area (Å²) in [6.07, 6.45) is 14.7. The highest BCUT2D eigenvalue weighted by Gasteiger charge is 2.36. The van der Waals surface area contributed by atoms with Crippen molar-refractivity contribution in [3.63, 3.8) is 0 Å². The van der Waals surface area contributed by atoms with E-state index in [2.05, 4.69) is 49.7 Å². The summed E-state index contributed by atoms with van der Waals surface area (Å²) in [7, 11) is 0. The predicted molar refractivity (Wildman–Crippen MR) is 178 cm³/mol. The van der Waals surface area contributed by atoms with Crippen LogP contribution in [-0.2, 0) is 9.59 Å². The molecule has 1 saturated heterocycles. The Kier molecular flexibility index (Phi) is 11.8. The molecule has 2 aliphatic heterocycles. The summed E-state index contributed by atoms with van der Waals surface area (Å²) in [5, 5.41) is 9.34. The van der Waals surface area contributed by atoms with Crippen LogP contribution in [0.5, 0.6) is 0 Å². The number of carbonyl (C=O) groups is 3. The Bertz CT molecular complexity index is 1330. The molecule has 0 spiro atoms. The Morgan fingerprint density at radius 1 is 0.977 bits per heavy atom. The van der Waals surface area contributed by atoms with Crippen LogP contribution < -0.4 is 16.0 Å². The average molecular weight is 599 g/mol. The Hall–Kier alpha value is -3.87. The largest absolute Gasteiger partial charge is 0.385 e. The number of nitrogens with one attached hydrogen (secondary N) is 3. The van der Waals surface area contributed by atoms with Crippen molar-refractivity contribution in [2.45, 2.75) is 104 Å². The van der Waals surface area contributed by atoms with Crippen LogP contribution in [0.3, 0.4) is 0 Å². The van der Waals surface area contributed by atoms with Gasteiger partial charge in [-0.3, -0.25) is 14.4 Å². The first-order valence-corrected chi connectivity index (χ1v) is 16.3. The van der Waals surface area contributed by atoms with Crippen LogP contribution in [0.2, 0.25) is 0 Å². The lowest BCUT2D eigenvalue weighted by Gasteiger charge is -2.41. The molecule has 7 heteroatoms. The highest BCUT2D eigenvalue weighted by Crippen LogP contribution is 2.30. The minimum absolute atomic E-state index is 0.0242. The predicted octanol–water partition coefficient (Wildman–Crippen LogP) is 7.30.